The summed E-state index contributed by atoms with van der Waals surface area (Å²) in [6.07, 6.45) is 3.00. The fourth-order valence-corrected chi connectivity index (χ4v) is 2.92. The number of anilines is 1. The molecule has 0 aliphatic carbocycles. The lowest BCUT2D eigenvalue weighted by molar-refractivity contribution is -0.111. The van der Waals surface area contributed by atoms with Crippen molar-refractivity contribution >= 4 is 28.5 Å². The van der Waals surface area contributed by atoms with Crippen molar-refractivity contribution in [2.75, 3.05) is 12.4 Å². The zero-order chi connectivity index (χ0) is 17.6. The van der Waals surface area contributed by atoms with Gasteiger partial charge in [0.25, 0.3) is 0 Å². The normalized spacial score (nSPS) is 10.8. The van der Waals surface area contributed by atoms with Gasteiger partial charge >= 0.3 is 0 Å². The Hall–Kier alpha value is -2.99. The molecule has 1 N–H and O–H groups in total. The Kier molecular flexibility index (Phi) is 5.20. The molecular formula is C19H15FN2O2S. The van der Waals surface area contributed by atoms with Crippen LogP contribution in [0, 0.1) is 5.82 Å². The van der Waals surface area contributed by atoms with Crippen LogP contribution in [0.1, 0.15) is 5.56 Å². The standard InChI is InChI=1S/C19H15FN2O2S/c1-24-17-5-3-2-4-15(17)16-12-25-19(21-16)22-18(23)11-8-13-6-9-14(20)10-7-13/h2-12H,1H3,(H,21,22,23)/b11-8+. The second-order valence-electron chi connectivity index (χ2n) is 5.11. The van der Waals surface area contributed by atoms with Crippen LogP contribution < -0.4 is 10.1 Å². The number of ether oxygens (including phenoxy) is 1. The summed E-state index contributed by atoms with van der Waals surface area (Å²) in [5.41, 5.74) is 2.34. The smallest absolute Gasteiger partial charge is 0.250 e. The van der Waals surface area contributed by atoms with Crippen molar-refractivity contribution in [3.8, 4) is 17.0 Å². The molecule has 1 amide bonds. The minimum atomic E-state index is -0.312. The summed E-state index contributed by atoms with van der Waals surface area (Å²) in [6.45, 7) is 0. The predicted molar refractivity (Wildman–Crippen MR) is 98.2 cm³/mol. The zero-order valence-corrected chi connectivity index (χ0v) is 14.2. The molecule has 6 heteroatoms. The van der Waals surface area contributed by atoms with Crippen LogP contribution in [0.15, 0.2) is 60.0 Å². The fraction of sp³-hybridized carbons (Fsp3) is 0.0526. The van der Waals surface area contributed by atoms with Crippen LogP contribution in [0.25, 0.3) is 17.3 Å². The van der Waals surface area contributed by atoms with Gasteiger partial charge in [-0.1, -0.05) is 24.3 Å². The SMILES string of the molecule is COc1ccccc1-c1csc(NC(=O)/C=C/c2ccc(F)cc2)n1. The van der Waals surface area contributed by atoms with E-state index in [0.717, 1.165) is 22.6 Å². The molecule has 3 aromatic rings. The van der Waals surface area contributed by atoms with Gasteiger partial charge in [-0.15, -0.1) is 11.3 Å². The maximum atomic E-state index is 12.9. The number of nitrogens with one attached hydrogen (secondary N) is 1. The van der Waals surface area contributed by atoms with E-state index in [4.69, 9.17) is 4.74 Å². The Morgan fingerprint density at radius 3 is 2.72 bits per heavy atom. The van der Waals surface area contributed by atoms with Gasteiger partial charge in [0, 0.05) is 17.0 Å². The van der Waals surface area contributed by atoms with Gasteiger partial charge in [0.2, 0.25) is 5.91 Å². The molecule has 2 aromatic carbocycles. The summed E-state index contributed by atoms with van der Waals surface area (Å²) < 4.78 is 18.2. The van der Waals surface area contributed by atoms with E-state index >= 15 is 0 Å². The van der Waals surface area contributed by atoms with Crippen LogP contribution in [0.4, 0.5) is 9.52 Å². The van der Waals surface area contributed by atoms with Crippen molar-refractivity contribution in [3.63, 3.8) is 0 Å². The van der Waals surface area contributed by atoms with Crippen molar-refractivity contribution in [3.05, 3.63) is 71.4 Å². The van der Waals surface area contributed by atoms with Crippen molar-refractivity contribution in [2.24, 2.45) is 0 Å². The molecule has 4 nitrogen and oxygen atoms in total. The average molecular weight is 354 g/mol. The minimum Gasteiger partial charge on any atom is -0.496 e. The highest BCUT2D eigenvalue weighted by Crippen LogP contribution is 2.31. The van der Waals surface area contributed by atoms with Crippen LogP contribution in [0.5, 0.6) is 5.75 Å². The molecule has 0 saturated carbocycles. The Bertz CT molecular complexity index is 904. The van der Waals surface area contributed by atoms with Crippen LogP contribution in [0.2, 0.25) is 0 Å². The summed E-state index contributed by atoms with van der Waals surface area (Å²) in [7, 11) is 1.61. The Morgan fingerprint density at radius 1 is 1.20 bits per heavy atom. The number of aromatic nitrogens is 1. The second kappa shape index (κ2) is 7.72. The topological polar surface area (TPSA) is 51.2 Å². The Morgan fingerprint density at radius 2 is 1.96 bits per heavy atom. The molecule has 0 radical (unpaired) electrons. The lowest BCUT2D eigenvalue weighted by Crippen LogP contribution is -2.07. The monoisotopic (exact) mass is 354 g/mol. The second-order valence-corrected chi connectivity index (χ2v) is 5.97. The lowest BCUT2D eigenvalue weighted by Gasteiger charge is -2.04. The minimum absolute atomic E-state index is 0.301. The molecule has 1 aromatic heterocycles. The van der Waals surface area contributed by atoms with Crippen LogP contribution in [-0.4, -0.2) is 18.0 Å². The van der Waals surface area contributed by atoms with Crippen molar-refractivity contribution in [2.45, 2.75) is 0 Å². The average Bonchev–Trinajstić information content (AvgIpc) is 3.09. The van der Waals surface area contributed by atoms with E-state index < -0.39 is 0 Å². The molecule has 126 valence electrons. The molecule has 1 heterocycles. The molecular weight excluding hydrogens is 339 g/mol. The maximum Gasteiger partial charge on any atom is 0.250 e. The van der Waals surface area contributed by atoms with Gasteiger partial charge in [-0.3, -0.25) is 10.1 Å². The van der Waals surface area contributed by atoms with E-state index in [2.05, 4.69) is 10.3 Å². The van der Waals surface area contributed by atoms with Crippen molar-refractivity contribution < 1.29 is 13.9 Å². The third-order valence-corrected chi connectivity index (χ3v) is 4.17. The van der Waals surface area contributed by atoms with E-state index in [0.29, 0.717) is 5.13 Å². The summed E-state index contributed by atoms with van der Waals surface area (Å²) >= 11 is 1.33. The maximum absolute atomic E-state index is 12.9. The third-order valence-electron chi connectivity index (χ3n) is 3.41. The molecule has 3 rings (SSSR count). The van der Waals surface area contributed by atoms with Gasteiger partial charge < -0.3 is 4.74 Å². The fourth-order valence-electron chi connectivity index (χ4n) is 2.20. The number of hydrogen-bond acceptors (Lipinski definition) is 4. The largest absolute Gasteiger partial charge is 0.496 e. The number of hydrogen-bond donors (Lipinski definition) is 1. The van der Waals surface area contributed by atoms with E-state index in [1.54, 1.807) is 25.3 Å². The van der Waals surface area contributed by atoms with E-state index in [1.165, 1.54) is 29.5 Å². The number of carbonyl (C=O) groups is 1. The van der Waals surface area contributed by atoms with Gasteiger partial charge in [-0.25, -0.2) is 9.37 Å². The molecule has 0 unspecified atom stereocenters. The number of carbonyl (C=O) groups excluding carboxylic acids is 1. The first kappa shape index (κ1) is 16.9. The van der Waals surface area contributed by atoms with Gasteiger partial charge in [0.15, 0.2) is 5.13 Å². The van der Waals surface area contributed by atoms with Gasteiger partial charge in [-0.2, -0.15) is 0 Å². The molecule has 0 spiro atoms. The molecule has 25 heavy (non-hydrogen) atoms. The number of para-hydroxylation sites is 1. The highest BCUT2D eigenvalue weighted by molar-refractivity contribution is 7.14. The summed E-state index contributed by atoms with van der Waals surface area (Å²) in [5, 5.41) is 5.07. The summed E-state index contributed by atoms with van der Waals surface area (Å²) in [5.74, 6) is 0.111. The first-order valence-electron chi connectivity index (χ1n) is 7.49. The molecule has 0 fully saturated rings. The highest BCUT2D eigenvalue weighted by Gasteiger charge is 2.10. The molecule has 0 bridgehead atoms. The molecule has 0 aliphatic rings. The highest BCUT2D eigenvalue weighted by atomic mass is 32.1. The predicted octanol–water partition coefficient (Wildman–Crippen LogP) is 4.61. The van der Waals surface area contributed by atoms with Gasteiger partial charge in [0.1, 0.15) is 11.6 Å². The number of nitrogens with zero attached hydrogens (tertiary/aromatic N) is 1. The quantitative estimate of drug-likeness (QED) is 0.681. The molecule has 0 saturated heterocycles. The van der Waals surface area contributed by atoms with Crippen LogP contribution in [0.3, 0.4) is 0 Å². The number of amides is 1. The van der Waals surface area contributed by atoms with Crippen molar-refractivity contribution in [1.29, 1.82) is 0 Å². The number of rotatable bonds is 5. The zero-order valence-electron chi connectivity index (χ0n) is 13.4. The first-order valence-corrected chi connectivity index (χ1v) is 8.37. The lowest BCUT2D eigenvalue weighted by atomic mass is 10.1. The Balaban J connectivity index is 1.68. The molecule has 0 aliphatic heterocycles. The van der Waals surface area contributed by atoms with E-state index in [9.17, 15) is 9.18 Å². The Labute approximate surface area is 148 Å². The van der Waals surface area contributed by atoms with Gasteiger partial charge in [-0.05, 0) is 35.9 Å². The summed E-state index contributed by atoms with van der Waals surface area (Å²) in [4.78, 5) is 16.4. The number of benzene rings is 2. The first-order chi connectivity index (χ1) is 12.2. The summed E-state index contributed by atoms with van der Waals surface area (Å²) in [6, 6.07) is 13.4. The third kappa shape index (κ3) is 4.30. The van der Waals surface area contributed by atoms with E-state index in [1.807, 2.05) is 29.6 Å². The van der Waals surface area contributed by atoms with Gasteiger partial charge in [0.05, 0.1) is 12.8 Å². The number of thiazole rings is 1. The van der Waals surface area contributed by atoms with Crippen LogP contribution >= 0.6 is 11.3 Å². The number of methoxy groups -OCH3 is 1. The number of halogens is 1. The van der Waals surface area contributed by atoms with Crippen molar-refractivity contribution in [1.82, 2.24) is 4.98 Å². The van der Waals surface area contributed by atoms with Crippen LogP contribution in [-0.2, 0) is 4.79 Å². The molecule has 0 atom stereocenters. The van der Waals surface area contributed by atoms with E-state index in [-0.39, 0.29) is 11.7 Å².